The minimum Gasteiger partial charge on any atom is -0.508 e. The zero-order valence-electron chi connectivity index (χ0n) is 28.3. The summed E-state index contributed by atoms with van der Waals surface area (Å²) in [4.78, 5) is 1.76. The van der Waals surface area contributed by atoms with E-state index in [1.165, 1.54) is 19.1 Å². The van der Waals surface area contributed by atoms with Gasteiger partial charge in [0.25, 0.3) is 0 Å². The Labute approximate surface area is 292 Å². The van der Waals surface area contributed by atoms with Crippen molar-refractivity contribution in [3.8, 4) is 5.75 Å². The standard InChI is InChI=1S/C36H40F13NO2/c1-30-19-27(37)29-24-11-10-23(51)17-21(24)18-25(28(29)26(30)12-14-31(30,52)35(44,45)46)20-8-7-9-22(16-20)50(2)15-6-4-3-5-13-32(38,39)33(40,41)34(42,43)36(47,48)49/h7-11,16-17,25-29,51-52H,3-6,12-15,18-19H2,1-2H3/t25-,26-,27-,28-,29-,30-,31-/m0/s1. The Bertz CT molecular complexity index is 1590. The van der Waals surface area contributed by atoms with Crippen LogP contribution in [0.2, 0.25) is 0 Å². The van der Waals surface area contributed by atoms with E-state index in [0.717, 1.165) is 0 Å². The van der Waals surface area contributed by atoms with Gasteiger partial charge in [-0.2, -0.15) is 52.7 Å². The van der Waals surface area contributed by atoms with E-state index in [0.29, 0.717) is 28.8 Å². The van der Waals surface area contributed by atoms with E-state index >= 15 is 4.39 Å². The molecule has 2 N–H and O–H groups in total. The fourth-order valence-corrected chi connectivity index (χ4v) is 9.18. The second-order valence-corrected chi connectivity index (χ2v) is 15.0. The highest BCUT2D eigenvalue weighted by Crippen LogP contribution is 2.69. The molecule has 2 aromatic carbocycles. The Morgan fingerprint density at radius 3 is 2.13 bits per heavy atom. The first-order chi connectivity index (χ1) is 23.8. The number of hydrogen-bond acceptors (Lipinski definition) is 3. The van der Waals surface area contributed by atoms with Crippen LogP contribution in [0.1, 0.15) is 86.8 Å². The molecule has 16 heteroatoms. The van der Waals surface area contributed by atoms with E-state index in [-0.39, 0.29) is 38.0 Å². The van der Waals surface area contributed by atoms with E-state index in [4.69, 9.17) is 0 Å². The van der Waals surface area contributed by atoms with Crippen LogP contribution in [0.4, 0.5) is 62.8 Å². The van der Waals surface area contributed by atoms with Crippen LogP contribution in [0.15, 0.2) is 42.5 Å². The molecule has 0 radical (unpaired) electrons. The summed E-state index contributed by atoms with van der Waals surface area (Å²) in [7, 11) is 1.68. The molecule has 5 rings (SSSR count). The highest BCUT2D eigenvalue weighted by molar-refractivity contribution is 5.51. The lowest BCUT2D eigenvalue weighted by Gasteiger charge is -2.56. The van der Waals surface area contributed by atoms with Crippen molar-refractivity contribution in [2.24, 2.45) is 17.3 Å². The lowest BCUT2D eigenvalue weighted by atomic mass is 9.49. The van der Waals surface area contributed by atoms with Crippen LogP contribution in [-0.2, 0) is 6.42 Å². The predicted molar refractivity (Wildman–Crippen MR) is 166 cm³/mol. The average Bonchev–Trinajstić information content (AvgIpc) is 3.31. The summed E-state index contributed by atoms with van der Waals surface area (Å²) < 4.78 is 178. The van der Waals surface area contributed by atoms with Gasteiger partial charge in [-0.1, -0.05) is 38.0 Å². The molecule has 2 fully saturated rings. The molecular formula is C36H40F13NO2. The molecule has 0 aromatic heterocycles. The molecule has 0 amide bonds. The number of rotatable bonds is 11. The highest BCUT2D eigenvalue weighted by Gasteiger charge is 2.81. The number of halogens is 13. The monoisotopic (exact) mass is 765 g/mol. The Morgan fingerprint density at radius 1 is 0.846 bits per heavy atom. The molecule has 0 bridgehead atoms. The second-order valence-electron chi connectivity index (χ2n) is 15.0. The zero-order chi connectivity index (χ0) is 38.9. The normalized spacial score (nSPS) is 29.7. The van der Waals surface area contributed by atoms with Crippen molar-refractivity contribution in [3.63, 3.8) is 0 Å². The first-order valence-electron chi connectivity index (χ1n) is 17.1. The molecular weight excluding hydrogens is 725 g/mol. The summed E-state index contributed by atoms with van der Waals surface area (Å²) in [6.07, 6.45) is -16.7. The molecule has 0 unspecified atom stereocenters. The van der Waals surface area contributed by atoms with Gasteiger partial charge in [-0.05, 0) is 97.2 Å². The maximum atomic E-state index is 16.4. The summed E-state index contributed by atoms with van der Waals surface area (Å²) in [6, 6.07) is 11.6. The number of anilines is 1. The number of hydrogen-bond donors (Lipinski definition) is 2. The van der Waals surface area contributed by atoms with Crippen LogP contribution in [0.25, 0.3) is 0 Å². The summed E-state index contributed by atoms with van der Waals surface area (Å²) in [5, 5.41) is 21.3. The Morgan fingerprint density at radius 2 is 1.50 bits per heavy atom. The van der Waals surface area contributed by atoms with Gasteiger partial charge in [0, 0.05) is 37.0 Å². The van der Waals surface area contributed by atoms with Gasteiger partial charge in [0.05, 0.1) is 0 Å². The minimum absolute atomic E-state index is 0.0260. The average molecular weight is 766 g/mol. The van der Waals surface area contributed by atoms with Crippen LogP contribution in [-0.4, -0.2) is 65.7 Å². The third-order valence-electron chi connectivity index (χ3n) is 12.0. The lowest BCUT2D eigenvalue weighted by Crippen LogP contribution is -2.61. The number of fused-ring (bicyclic) bond motifs is 5. The van der Waals surface area contributed by atoms with Crippen molar-refractivity contribution in [2.45, 2.75) is 118 Å². The van der Waals surface area contributed by atoms with Crippen LogP contribution in [0.5, 0.6) is 5.75 Å². The van der Waals surface area contributed by atoms with Gasteiger partial charge in [-0.25, -0.2) is 4.39 Å². The van der Waals surface area contributed by atoms with Crippen molar-refractivity contribution in [3.05, 3.63) is 59.2 Å². The van der Waals surface area contributed by atoms with Crippen molar-refractivity contribution in [2.75, 3.05) is 18.5 Å². The highest BCUT2D eigenvalue weighted by atomic mass is 19.4. The molecule has 2 saturated carbocycles. The van der Waals surface area contributed by atoms with Gasteiger partial charge in [-0.15, -0.1) is 0 Å². The summed E-state index contributed by atoms with van der Waals surface area (Å²) in [5.74, 6) is -21.8. The number of benzene rings is 2. The van der Waals surface area contributed by atoms with Gasteiger partial charge in [0.1, 0.15) is 11.9 Å². The summed E-state index contributed by atoms with van der Waals surface area (Å²) in [6.45, 7) is 1.60. The third kappa shape index (κ3) is 6.50. The van der Waals surface area contributed by atoms with Gasteiger partial charge in [0.15, 0.2) is 5.60 Å². The Hall–Kier alpha value is -2.91. The molecule has 2 aromatic rings. The van der Waals surface area contributed by atoms with Gasteiger partial charge in [0.2, 0.25) is 0 Å². The molecule has 0 aliphatic heterocycles. The smallest absolute Gasteiger partial charge is 0.460 e. The first-order valence-corrected chi connectivity index (χ1v) is 17.1. The fraction of sp³-hybridized carbons (Fsp3) is 0.667. The van der Waals surface area contributed by atoms with E-state index in [1.807, 2.05) is 0 Å². The zero-order valence-corrected chi connectivity index (χ0v) is 28.3. The van der Waals surface area contributed by atoms with Crippen LogP contribution >= 0.6 is 0 Å². The predicted octanol–water partition coefficient (Wildman–Crippen LogP) is 10.7. The number of unbranched alkanes of at least 4 members (excludes halogenated alkanes) is 3. The largest absolute Gasteiger partial charge is 0.508 e. The number of aliphatic hydroxyl groups is 1. The number of nitrogens with zero attached hydrogens (tertiary/aromatic N) is 1. The lowest BCUT2D eigenvalue weighted by molar-refractivity contribution is -0.396. The van der Waals surface area contributed by atoms with E-state index in [9.17, 15) is 62.9 Å². The number of alkyl halides is 13. The van der Waals surface area contributed by atoms with E-state index in [1.54, 1.807) is 42.3 Å². The van der Waals surface area contributed by atoms with Gasteiger partial charge < -0.3 is 15.1 Å². The molecule has 0 saturated heterocycles. The van der Waals surface area contributed by atoms with Crippen molar-refractivity contribution in [1.29, 1.82) is 0 Å². The number of phenolic OH excluding ortho intramolecular Hbond substituents is 1. The summed E-state index contributed by atoms with van der Waals surface area (Å²) in [5.41, 5.74) is -2.29. The van der Waals surface area contributed by atoms with Gasteiger partial charge in [-0.3, -0.25) is 0 Å². The van der Waals surface area contributed by atoms with Crippen LogP contribution < -0.4 is 4.90 Å². The summed E-state index contributed by atoms with van der Waals surface area (Å²) >= 11 is 0. The fourth-order valence-electron chi connectivity index (χ4n) is 9.18. The number of aromatic hydroxyl groups is 1. The van der Waals surface area contributed by atoms with Crippen LogP contribution in [0.3, 0.4) is 0 Å². The van der Waals surface area contributed by atoms with Crippen molar-refractivity contribution in [1.82, 2.24) is 0 Å². The maximum Gasteiger partial charge on any atom is 0.460 e. The molecule has 0 spiro atoms. The quantitative estimate of drug-likeness (QED) is 0.177. The van der Waals surface area contributed by atoms with Crippen molar-refractivity contribution < 1.29 is 67.3 Å². The Balaban J connectivity index is 1.30. The van der Waals surface area contributed by atoms with Crippen molar-refractivity contribution >= 4 is 5.69 Å². The van der Waals surface area contributed by atoms with Crippen LogP contribution in [0, 0.1) is 17.3 Å². The maximum absolute atomic E-state index is 16.4. The number of phenols is 1. The van der Waals surface area contributed by atoms with Gasteiger partial charge >= 0.3 is 30.1 Å². The molecule has 7 atom stereocenters. The topological polar surface area (TPSA) is 43.7 Å². The molecule has 3 aliphatic rings. The molecule has 52 heavy (non-hydrogen) atoms. The third-order valence-corrected chi connectivity index (χ3v) is 12.0. The van der Waals surface area contributed by atoms with E-state index < -0.39 is 96.7 Å². The molecule has 292 valence electrons. The Kier molecular flexibility index (Phi) is 10.4. The molecule has 0 heterocycles. The molecule has 3 aliphatic carbocycles. The minimum atomic E-state index is -6.92. The molecule has 3 nitrogen and oxygen atoms in total. The second kappa shape index (κ2) is 13.4. The van der Waals surface area contributed by atoms with E-state index in [2.05, 4.69) is 0 Å². The first kappa shape index (κ1) is 40.3. The SMILES string of the molecule is CN(CCCCCCC(F)(F)C(F)(F)C(F)(F)C(F)(F)F)c1cccc([C@@H]2Cc3cc(O)ccc3[C@@H]3[C@@H]2[C@@H]2CC[C@@](O)(C(F)(F)F)[C@@]2(C)C[C@@H]3F)c1.